The lowest BCUT2D eigenvalue weighted by atomic mass is 9.81. The first kappa shape index (κ1) is 9.56. The fourth-order valence-corrected chi connectivity index (χ4v) is 2.17. The van der Waals surface area contributed by atoms with Crippen molar-refractivity contribution in [1.82, 2.24) is 4.90 Å². The van der Waals surface area contributed by atoms with Crippen LogP contribution in [-0.2, 0) is 4.79 Å². The summed E-state index contributed by atoms with van der Waals surface area (Å²) < 4.78 is 0. The van der Waals surface area contributed by atoms with E-state index in [-0.39, 0.29) is 5.41 Å². The van der Waals surface area contributed by atoms with E-state index in [0.717, 1.165) is 19.4 Å². The summed E-state index contributed by atoms with van der Waals surface area (Å²) in [5.41, 5.74) is -0.0666. The number of likely N-dealkylation sites (tertiary alicyclic amines) is 1. The van der Waals surface area contributed by atoms with Gasteiger partial charge >= 0.3 is 0 Å². The van der Waals surface area contributed by atoms with Crippen molar-refractivity contribution in [2.45, 2.75) is 33.6 Å². The van der Waals surface area contributed by atoms with Crippen molar-refractivity contribution in [3.8, 4) is 0 Å². The molecule has 0 saturated carbocycles. The minimum Gasteiger partial charge on any atom is -0.345 e. The lowest BCUT2D eigenvalue weighted by Crippen LogP contribution is -2.31. The van der Waals surface area contributed by atoms with Crippen LogP contribution in [0.3, 0.4) is 0 Å². The first-order valence-electron chi connectivity index (χ1n) is 4.71. The number of hydrogen-bond donors (Lipinski definition) is 0. The summed E-state index contributed by atoms with van der Waals surface area (Å²) in [7, 11) is 1.90. The summed E-state index contributed by atoms with van der Waals surface area (Å²) in [6, 6.07) is 0. The van der Waals surface area contributed by atoms with E-state index < -0.39 is 0 Å². The number of carbonyl (C=O) groups excluding carboxylic acids is 1. The van der Waals surface area contributed by atoms with Crippen molar-refractivity contribution in [3.63, 3.8) is 0 Å². The average Bonchev–Trinajstić information content (AvgIpc) is 2.16. The molecule has 1 heterocycles. The molecule has 1 saturated heterocycles. The Bertz CT molecular complexity index is 188. The molecule has 1 rings (SSSR count). The highest BCUT2D eigenvalue weighted by molar-refractivity contribution is 5.84. The van der Waals surface area contributed by atoms with Crippen LogP contribution in [0.15, 0.2) is 0 Å². The Balaban J connectivity index is 2.66. The van der Waals surface area contributed by atoms with Crippen molar-refractivity contribution in [2.75, 3.05) is 13.6 Å². The maximum Gasteiger partial charge on any atom is 0.228 e. The van der Waals surface area contributed by atoms with Crippen molar-refractivity contribution in [3.05, 3.63) is 0 Å². The molecule has 2 heteroatoms. The highest BCUT2D eigenvalue weighted by Gasteiger charge is 2.40. The Morgan fingerprint density at radius 2 is 2.17 bits per heavy atom. The van der Waals surface area contributed by atoms with Gasteiger partial charge in [-0.05, 0) is 18.8 Å². The summed E-state index contributed by atoms with van der Waals surface area (Å²) in [5, 5.41) is 0. The second-order valence-electron chi connectivity index (χ2n) is 4.64. The van der Waals surface area contributed by atoms with Gasteiger partial charge in [0.25, 0.3) is 0 Å². The molecule has 2 nitrogen and oxygen atoms in total. The van der Waals surface area contributed by atoms with E-state index in [0.29, 0.717) is 11.8 Å². The molecule has 0 aromatic heterocycles. The Morgan fingerprint density at radius 1 is 1.58 bits per heavy atom. The molecule has 1 aliphatic heterocycles. The summed E-state index contributed by atoms with van der Waals surface area (Å²) in [4.78, 5) is 13.5. The molecule has 70 valence electrons. The topological polar surface area (TPSA) is 20.3 Å². The van der Waals surface area contributed by atoms with Crippen LogP contribution in [0.25, 0.3) is 0 Å². The maximum absolute atomic E-state index is 11.7. The van der Waals surface area contributed by atoms with E-state index in [4.69, 9.17) is 0 Å². The number of amides is 1. The number of nitrogens with zero attached hydrogens (tertiary/aromatic N) is 1. The molecule has 1 unspecified atom stereocenters. The molecule has 1 fully saturated rings. The lowest BCUT2D eigenvalue weighted by molar-refractivity contribution is -0.134. The van der Waals surface area contributed by atoms with Crippen LogP contribution >= 0.6 is 0 Å². The van der Waals surface area contributed by atoms with Gasteiger partial charge in [0, 0.05) is 19.0 Å². The monoisotopic (exact) mass is 169 g/mol. The van der Waals surface area contributed by atoms with Gasteiger partial charge in [-0.25, -0.2) is 0 Å². The van der Waals surface area contributed by atoms with Crippen molar-refractivity contribution >= 4 is 5.91 Å². The molecular formula is C10H19NO. The van der Waals surface area contributed by atoms with Gasteiger partial charge in [-0.15, -0.1) is 0 Å². The van der Waals surface area contributed by atoms with E-state index >= 15 is 0 Å². The Morgan fingerprint density at radius 3 is 2.50 bits per heavy atom. The maximum atomic E-state index is 11.7. The largest absolute Gasteiger partial charge is 0.345 e. The minimum absolute atomic E-state index is 0.0666. The molecular weight excluding hydrogens is 150 g/mol. The molecule has 1 amide bonds. The van der Waals surface area contributed by atoms with Crippen LogP contribution in [0, 0.1) is 11.3 Å². The Labute approximate surface area is 74.9 Å². The van der Waals surface area contributed by atoms with Gasteiger partial charge in [-0.2, -0.15) is 0 Å². The summed E-state index contributed by atoms with van der Waals surface area (Å²) >= 11 is 0. The zero-order chi connectivity index (χ0) is 9.35. The Kier molecular flexibility index (Phi) is 2.45. The van der Waals surface area contributed by atoms with E-state index in [1.54, 1.807) is 0 Å². The molecule has 0 aliphatic carbocycles. The molecule has 0 radical (unpaired) electrons. The number of carbonyl (C=O) groups is 1. The number of rotatable bonds is 2. The van der Waals surface area contributed by atoms with Gasteiger partial charge in [0.05, 0.1) is 0 Å². The first-order valence-corrected chi connectivity index (χ1v) is 4.71. The van der Waals surface area contributed by atoms with Crippen molar-refractivity contribution in [1.29, 1.82) is 0 Å². The third-order valence-corrected chi connectivity index (χ3v) is 2.72. The van der Waals surface area contributed by atoms with Crippen molar-refractivity contribution in [2.24, 2.45) is 11.3 Å². The van der Waals surface area contributed by atoms with E-state index in [9.17, 15) is 4.79 Å². The second kappa shape index (κ2) is 3.08. The van der Waals surface area contributed by atoms with Gasteiger partial charge < -0.3 is 4.90 Å². The van der Waals surface area contributed by atoms with Gasteiger partial charge in [-0.3, -0.25) is 4.79 Å². The minimum atomic E-state index is -0.0666. The van der Waals surface area contributed by atoms with Crippen LogP contribution in [0.4, 0.5) is 0 Å². The predicted molar refractivity (Wildman–Crippen MR) is 49.8 cm³/mol. The molecule has 0 bridgehead atoms. The SMILES string of the molecule is CC(C)CC1(C)CCN(C)C1=O. The molecule has 1 aliphatic rings. The van der Waals surface area contributed by atoms with Gasteiger partial charge in [-0.1, -0.05) is 20.8 Å². The highest BCUT2D eigenvalue weighted by Crippen LogP contribution is 2.36. The first-order chi connectivity index (χ1) is 5.46. The van der Waals surface area contributed by atoms with Crippen molar-refractivity contribution < 1.29 is 4.79 Å². The molecule has 0 aromatic rings. The quantitative estimate of drug-likeness (QED) is 0.618. The smallest absolute Gasteiger partial charge is 0.228 e. The van der Waals surface area contributed by atoms with E-state index in [1.807, 2.05) is 11.9 Å². The normalized spacial score (nSPS) is 30.4. The predicted octanol–water partition coefficient (Wildman–Crippen LogP) is 1.90. The molecule has 0 N–H and O–H groups in total. The molecule has 1 atom stereocenters. The van der Waals surface area contributed by atoms with Crippen LogP contribution in [-0.4, -0.2) is 24.4 Å². The fourth-order valence-electron chi connectivity index (χ4n) is 2.17. The second-order valence-corrected chi connectivity index (χ2v) is 4.64. The zero-order valence-corrected chi connectivity index (χ0v) is 8.55. The molecule has 12 heavy (non-hydrogen) atoms. The van der Waals surface area contributed by atoms with Crippen LogP contribution < -0.4 is 0 Å². The standard InChI is InChI=1S/C10H19NO/c1-8(2)7-10(3)5-6-11(4)9(10)12/h8H,5-7H2,1-4H3. The van der Waals surface area contributed by atoms with Gasteiger partial charge in [0.15, 0.2) is 0 Å². The summed E-state index contributed by atoms with van der Waals surface area (Å²) in [6.45, 7) is 7.38. The number of hydrogen-bond acceptors (Lipinski definition) is 1. The Hall–Kier alpha value is -0.530. The zero-order valence-electron chi connectivity index (χ0n) is 8.55. The summed E-state index contributed by atoms with van der Waals surface area (Å²) in [5.74, 6) is 0.946. The van der Waals surface area contributed by atoms with Gasteiger partial charge in [0.1, 0.15) is 0 Å². The third-order valence-electron chi connectivity index (χ3n) is 2.72. The summed E-state index contributed by atoms with van der Waals surface area (Å²) in [6.07, 6.45) is 2.05. The van der Waals surface area contributed by atoms with Crippen LogP contribution in [0.2, 0.25) is 0 Å². The molecule has 0 aromatic carbocycles. The average molecular weight is 169 g/mol. The van der Waals surface area contributed by atoms with Crippen LogP contribution in [0.1, 0.15) is 33.6 Å². The lowest BCUT2D eigenvalue weighted by Gasteiger charge is -2.23. The third kappa shape index (κ3) is 1.62. The van der Waals surface area contributed by atoms with E-state index in [2.05, 4.69) is 20.8 Å². The van der Waals surface area contributed by atoms with Crippen LogP contribution in [0.5, 0.6) is 0 Å². The van der Waals surface area contributed by atoms with Gasteiger partial charge in [0.2, 0.25) is 5.91 Å². The van der Waals surface area contributed by atoms with E-state index in [1.165, 1.54) is 0 Å². The highest BCUT2D eigenvalue weighted by atomic mass is 16.2. The molecule has 0 spiro atoms. The fraction of sp³-hybridized carbons (Fsp3) is 0.900.